The van der Waals surface area contributed by atoms with Gasteiger partial charge < -0.3 is 14.2 Å². The number of ether oxygens (including phenoxy) is 3. The minimum atomic E-state index is -0.0887. The van der Waals surface area contributed by atoms with Gasteiger partial charge in [-0.15, -0.1) is 0 Å². The van der Waals surface area contributed by atoms with Crippen molar-refractivity contribution in [3.05, 3.63) is 53.1 Å². The van der Waals surface area contributed by atoms with Crippen molar-refractivity contribution in [3.63, 3.8) is 0 Å². The summed E-state index contributed by atoms with van der Waals surface area (Å²) in [6.45, 7) is 4.15. The molecule has 4 heteroatoms. The Labute approximate surface area is 123 Å². The van der Waals surface area contributed by atoms with Gasteiger partial charge in [-0.05, 0) is 49.2 Å². The van der Waals surface area contributed by atoms with Crippen LogP contribution in [0.4, 0.5) is 0 Å². The van der Waals surface area contributed by atoms with Gasteiger partial charge in [-0.2, -0.15) is 0 Å². The van der Waals surface area contributed by atoms with E-state index in [1.807, 2.05) is 32.0 Å². The zero-order valence-corrected chi connectivity index (χ0v) is 12.0. The Morgan fingerprint density at radius 1 is 1.10 bits per heavy atom. The molecular weight excluding hydrogens is 268 g/mol. The van der Waals surface area contributed by atoms with E-state index in [9.17, 15) is 4.79 Å². The zero-order valence-electron chi connectivity index (χ0n) is 12.0. The van der Waals surface area contributed by atoms with Crippen molar-refractivity contribution in [1.29, 1.82) is 0 Å². The maximum absolute atomic E-state index is 12.2. The molecule has 2 aromatic carbocycles. The number of aryl methyl sites for hydroxylation is 2. The van der Waals surface area contributed by atoms with Crippen molar-refractivity contribution < 1.29 is 19.0 Å². The molecule has 0 aromatic heterocycles. The molecule has 1 aliphatic rings. The summed E-state index contributed by atoms with van der Waals surface area (Å²) in [5.74, 6) is 1.92. The minimum Gasteiger partial charge on any atom is -0.485 e. The lowest BCUT2D eigenvalue weighted by Crippen LogP contribution is -2.12. The van der Waals surface area contributed by atoms with Crippen LogP contribution in [0.25, 0.3) is 0 Å². The van der Waals surface area contributed by atoms with Crippen LogP contribution in [-0.4, -0.2) is 19.2 Å². The molecule has 0 fully saturated rings. The predicted molar refractivity (Wildman–Crippen MR) is 78.3 cm³/mol. The highest BCUT2D eigenvalue weighted by molar-refractivity contribution is 5.97. The van der Waals surface area contributed by atoms with Gasteiger partial charge in [0.25, 0.3) is 0 Å². The summed E-state index contributed by atoms with van der Waals surface area (Å²) in [5, 5.41) is 0. The Morgan fingerprint density at radius 2 is 1.90 bits per heavy atom. The summed E-state index contributed by atoms with van der Waals surface area (Å²) in [6, 6.07) is 11.1. The molecule has 0 aliphatic carbocycles. The highest BCUT2D eigenvalue weighted by Crippen LogP contribution is 2.32. The fourth-order valence-corrected chi connectivity index (χ4v) is 2.16. The summed E-state index contributed by atoms with van der Waals surface area (Å²) in [7, 11) is 0. The maximum Gasteiger partial charge on any atom is 0.231 e. The average Bonchev–Trinajstić information content (AvgIpc) is 2.95. The zero-order chi connectivity index (χ0) is 14.8. The molecule has 0 amide bonds. The van der Waals surface area contributed by atoms with Gasteiger partial charge >= 0.3 is 0 Å². The molecule has 0 atom stereocenters. The molecule has 108 valence electrons. The molecule has 21 heavy (non-hydrogen) atoms. The van der Waals surface area contributed by atoms with Gasteiger partial charge in [0.2, 0.25) is 6.79 Å². The number of carbonyl (C=O) groups is 1. The van der Waals surface area contributed by atoms with Crippen LogP contribution in [0, 0.1) is 13.8 Å². The third kappa shape index (κ3) is 2.84. The van der Waals surface area contributed by atoms with Gasteiger partial charge in [0.05, 0.1) is 0 Å². The average molecular weight is 284 g/mol. The molecule has 2 aromatic rings. The van der Waals surface area contributed by atoms with Crippen LogP contribution in [0.3, 0.4) is 0 Å². The Bertz CT molecular complexity index is 691. The third-order valence-electron chi connectivity index (χ3n) is 3.40. The monoisotopic (exact) mass is 284 g/mol. The lowest BCUT2D eigenvalue weighted by molar-refractivity contribution is 0.0920. The largest absolute Gasteiger partial charge is 0.485 e. The van der Waals surface area contributed by atoms with Crippen molar-refractivity contribution in [2.75, 3.05) is 13.4 Å². The number of ketones is 1. The van der Waals surface area contributed by atoms with E-state index >= 15 is 0 Å². The van der Waals surface area contributed by atoms with E-state index < -0.39 is 0 Å². The van der Waals surface area contributed by atoms with Crippen molar-refractivity contribution in [3.8, 4) is 17.2 Å². The Kier molecular flexibility index (Phi) is 3.52. The summed E-state index contributed by atoms with van der Waals surface area (Å²) in [6.07, 6.45) is 0. The van der Waals surface area contributed by atoms with E-state index in [4.69, 9.17) is 14.2 Å². The first-order chi connectivity index (χ1) is 10.1. The Balaban J connectivity index is 1.70. The first-order valence-corrected chi connectivity index (χ1v) is 6.76. The molecule has 0 unspecified atom stereocenters. The normalized spacial score (nSPS) is 12.3. The lowest BCUT2D eigenvalue weighted by atomic mass is 10.1. The highest BCUT2D eigenvalue weighted by Gasteiger charge is 2.16. The Hall–Kier alpha value is -2.49. The van der Waals surface area contributed by atoms with Crippen LogP contribution >= 0.6 is 0 Å². The number of benzene rings is 2. The second-order valence-corrected chi connectivity index (χ2v) is 5.05. The number of carbonyl (C=O) groups excluding carboxylic acids is 1. The summed E-state index contributed by atoms with van der Waals surface area (Å²) >= 11 is 0. The van der Waals surface area contributed by atoms with Crippen LogP contribution in [-0.2, 0) is 0 Å². The molecule has 0 bridgehead atoms. The minimum absolute atomic E-state index is 0.00391. The summed E-state index contributed by atoms with van der Waals surface area (Å²) in [5.41, 5.74) is 2.68. The number of hydrogen-bond donors (Lipinski definition) is 0. The van der Waals surface area contributed by atoms with Gasteiger partial charge in [-0.25, -0.2) is 0 Å². The molecular formula is C17H16O4. The molecule has 0 radical (unpaired) electrons. The lowest BCUT2D eigenvalue weighted by Gasteiger charge is -2.09. The topological polar surface area (TPSA) is 44.8 Å². The number of fused-ring (bicyclic) bond motifs is 1. The molecule has 0 spiro atoms. The number of Topliss-reactive ketones (excluding diaryl/α,β-unsaturated/α-hetero) is 1. The van der Waals surface area contributed by atoms with Crippen LogP contribution in [0.2, 0.25) is 0 Å². The van der Waals surface area contributed by atoms with E-state index in [0.29, 0.717) is 17.1 Å². The van der Waals surface area contributed by atoms with Gasteiger partial charge in [-0.1, -0.05) is 12.1 Å². The van der Waals surface area contributed by atoms with Crippen LogP contribution < -0.4 is 14.2 Å². The van der Waals surface area contributed by atoms with Crippen molar-refractivity contribution in [2.24, 2.45) is 0 Å². The van der Waals surface area contributed by atoms with Crippen molar-refractivity contribution in [1.82, 2.24) is 0 Å². The fourth-order valence-electron chi connectivity index (χ4n) is 2.16. The van der Waals surface area contributed by atoms with Gasteiger partial charge in [0.15, 0.2) is 23.9 Å². The number of rotatable bonds is 4. The second kappa shape index (κ2) is 5.48. The molecule has 0 saturated heterocycles. The van der Waals surface area contributed by atoms with E-state index in [1.54, 1.807) is 18.2 Å². The standard InChI is InChI=1S/C17H16O4/c1-11-3-4-12(2)16(7-11)19-9-14(18)13-5-6-15-17(8-13)21-10-20-15/h3-8H,9-10H2,1-2H3. The van der Waals surface area contributed by atoms with Crippen molar-refractivity contribution in [2.45, 2.75) is 13.8 Å². The number of hydrogen-bond acceptors (Lipinski definition) is 4. The second-order valence-electron chi connectivity index (χ2n) is 5.05. The van der Waals surface area contributed by atoms with Crippen LogP contribution in [0.5, 0.6) is 17.2 Å². The first-order valence-electron chi connectivity index (χ1n) is 6.76. The van der Waals surface area contributed by atoms with E-state index in [2.05, 4.69) is 0 Å². The third-order valence-corrected chi connectivity index (χ3v) is 3.40. The van der Waals surface area contributed by atoms with Crippen LogP contribution in [0.1, 0.15) is 21.5 Å². The highest BCUT2D eigenvalue weighted by atomic mass is 16.7. The fraction of sp³-hybridized carbons (Fsp3) is 0.235. The predicted octanol–water partition coefficient (Wildman–Crippen LogP) is 3.29. The molecule has 0 N–H and O–H groups in total. The smallest absolute Gasteiger partial charge is 0.231 e. The molecule has 4 nitrogen and oxygen atoms in total. The Morgan fingerprint density at radius 3 is 2.76 bits per heavy atom. The SMILES string of the molecule is Cc1ccc(C)c(OCC(=O)c2ccc3c(c2)OCO3)c1. The molecule has 3 rings (SSSR count). The van der Waals surface area contributed by atoms with Gasteiger partial charge in [0, 0.05) is 5.56 Å². The van der Waals surface area contributed by atoms with Gasteiger partial charge in [0.1, 0.15) is 5.75 Å². The quantitative estimate of drug-likeness (QED) is 0.808. The molecule has 1 aliphatic heterocycles. The molecule has 0 saturated carbocycles. The van der Waals surface area contributed by atoms with Crippen LogP contribution in [0.15, 0.2) is 36.4 Å². The maximum atomic E-state index is 12.2. The van der Waals surface area contributed by atoms with E-state index in [1.165, 1.54) is 0 Å². The first kappa shape index (κ1) is 13.5. The van der Waals surface area contributed by atoms with E-state index in [-0.39, 0.29) is 19.2 Å². The van der Waals surface area contributed by atoms with E-state index in [0.717, 1.165) is 16.9 Å². The van der Waals surface area contributed by atoms with Gasteiger partial charge in [-0.3, -0.25) is 4.79 Å². The molecule has 1 heterocycles. The summed E-state index contributed by atoms with van der Waals surface area (Å²) in [4.78, 5) is 12.2. The van der Waals surface area contributed by atoms with Crippen molar-refractivity contribution >= 4 is 5.78 Å². The summed E-state index contributed by atoms with van der Waals surface area (Å²) < 4.78 is 16.1.